The number of aromatic nitrogens is 2. The van der Waals surface area contributed by atoms with Gasteiger partial charge in [0.1, 0.15) is 0 Å². The molecule has 0 saturated carbocycles. The van der Waals surface area contributed by atoms with Crippen LogP contribution in [0.25, 0.3) is 0 Å². The Bertz CT molecular complexity index is 381. The highest BCUT2D eigenvalue weighted by molar-refractivity contribution is 5.10. The van der Waals surface area contributed by atoms with Crippen LogP contribution in [0.5, 0.6) is 0 Å². The molecule has 2 rings (SSSR count). The van der Waals surface area contributed by atoms with Crippen LogP contribution in [0.1, 0.15) is 38.7 Å². The van der Waals surface area contributed by atoms with E-state index < -0.39 is 0 Å². The number of nitrogens with zero attached hydrogens (tertiary/aromatic N) is 3. The summed E-state index contributed by atoms with van der Waals surface area (Å²) in [4.78, 5) is 2.58. The normalized spacial score (nSPS) is 22.0. The van der Waals surface area contributed by atoms with Crippen LogP contribution in [-0.2, 0) is 13.5 Å². The second-order valence-corrected chi connectivity index (χ2v) is 5.74. The topological polar surface area (TPSA) is 47.1 Å². The lowest BCUT2D eigenvalue weighted by atomic mass is 9.85. The Morgan fingerprint density at radius 2 is 2.11 bits per heavy atom. The average Bonchev–Trinajstić information content (AvgIpc) is 2.99. The summed E-state index contributed by atoms with van der Waals surface area (Å²) < 4.78 is 1.85. The van der Waals surface area contributed by atoms with E-state index in [4.69, 9.17) is 5.73 Å². The van der Waals surface area contributed by atoms with Gasteiger partial charge in [-0.15, -0.1) is 0 Å². The number of nitrogens with two attached hydrogens (primary N) is 1. The molecule has 1 fully saturated rings. The molecule has 0 aliphatic carbocycles. The van der Waals surface area contributed by atoms with E-state index in [1.165, 1.54) is 31.5 Å². The number of hydrogen-bond donors (Lipinski definition) is 1. The lowest BCUT2D eigenvalue weighted by Gasteiger charge is -2.43. The van der Waals surface area contributed by atoms with Crippen molar-refractivity contribution in [3.05, 3.63) is 18.0 Å². The van der Waals surface area contributed by atoms with Crippen LogP contribution >= 0.6 is 0 Å². The minimum Gasteiger partial charge on any atom is -0.326 e. The van der Waals surface area contributed by atoms with Crippen LogP contribution in [0.3, 0.4) is 0 Å². The average molecular weight is 250 g/mol. The summed E-state index contributed by atoms with van der Waals surface area (Å²) >= 11 is 0. The van der Waals surface area contributed by atoms with E-state index in [0.29, 0.717) is 0 Å². The molecule has 1 aromatic heterocycles. The number of aryl methyl sites for hydroxylation is 1. The summed E-state index contributed by atoms with van der Waals surface area (Å²) in [5.74, 6) is 0. The molecule has 1 saturated heterocycles. The van der Waals surface area contributed by atoms with Crippen molar-refractivity contribution in [3.8, 4) is 0 Å². The fourth-order valence-corrected chi connectivity index (χ4v) is 3.00. The van der Waals surface area contributed by atoms with Crippen LogP contribution in [0.15, 0.2) is 12.4 Å². The van der Waals surface area contributed by atoms with Gasteiger partial charge in [-0.2, -0.15) is 5.10 Å². The fourth-order valence-electron chi connectivity index (χ4n) is 3.00. The molecule has 102 valence electrons. The van der Waals surface area contributed by atoms with E-state index in [-0.39, 0.29) is 11.6 Å². The highest BCUT2D eigenvalue weighted by Gasteiger charge is 2.37. The first-order chi connectivity index (χ1) is 8.56. The predicted octanol–water partition coefficient (Wildman–Crippen LogP) is 1.55. The zero-order valence-electron chi connectivity index (χ0n) is 11.9. The van der Waals surface area contributed by atoms with Gasteiger partial charge in [-0.25, -0.2) is 0 Å². The van der Waals surface area contributed by atoms with Crippen molar-refractivity contribution in [1.29, 1.82) is 0 Å². The molecule has 2 heterocycles. The van der Waals surface area contributed by atoms with Crippen molar-refractivity contribution in [2.75, 3.05) is 13.1 Å². The number of hydrogen-bond acceptors (Lipinski definition) is 3. The molecule has 0 spiro atoms. The first-order valence-electron chi connectivity index (χ1n) is 7.04. The standard InChI is InChI=1S/C14H26N4/c1-4-14(2,18-7-5-6-8-18)13(15)9-12-10-16-17(3)11-12/h10-11,13H,4-9,15H2,1-3H3. The molecule has 0 amide bonds. The van der Waals surface area contributed by atoms with Crippen LogP contribution in [0.4, 0.5) is 0 Å². The molecular weight excluding hydrogens is 224 g/mol. The van der Waals surface area contributed by atoms with Crippen molar-refractivity contribution in [3.63, 3.8) is 0 Å². The minimum absolute atomic E-state index is 0.117. The maximum Gasteiger partial charge on any atom is 0.0522 e. The Kier molecular flexibility index (Phi) is 4.07. The smallest absolute Gasteiger partial charge is 0.0522 e. The highest BCUT2D eigenvalue weighted by Crippen LogP contribution is 2.28. The third-order valence-electron chi connectivity index (χ3n) is 4.56. The fraction of sp³-hybridized carbons (Fsp3) is 0.786. The van der Waals surface area contributed by atoms with Gasteiger partial charge in [-0.3, -0.25) is 9.58 Å². The molecule has 2 atom stereocenters. The van der Waals surface area contributed by atoms with E-state index in [1.54, 1.807) is 0 Å². The van der Waals surface area contributed by atoms with Gasteiger partial charge >= 0.3 is 0 Å². The molecular formula is C14H26N4. The van der Waals surface area contributed by atoms with Crippen molar-refractivity contribution < 1.29 is 0 Å². The van der Waals surface area contributed by atoms with Crippen molar-refractivity contribution in [1.82, 2.24) is 14.7 Å². The highest BCUT2D eigenvalue weighted by atomic mass is 15.2. The van der Waals surface area contributed by atoms with Gasteiger partial charge in [0.25, 0.3) is 0 Å². The summed E-state index contributed by atoms with van der Waals surface area (Å²) in [6.07, 6.45) is 8.65. The lowest BCUT2D eigenvalue weighted by Crippen LogP contribution is -2.57. The Morgan fingerprint density at radius 3 is 2.61 bits per heavy atom. The van der Waals surface area contributed by atoms with E-state index in [9.17, 15) is 0 Å². The van der Waals surface area contributed by atoms with Crippen LogP contribution in [0.2, 0.25) is 0 Å². The number of likely N-dealkylation sites (tertiary alicyclic amines) is 1. The third-order valence-corrected chi connectivity index (χ3v) is 4.56. The lowest BCUT2D eigenvalue weighted by molar-refractivity contribution is 0.0999. The van der Waals surface area contributed by atoms with Gasteiger partial charge in [0, 0.05) is 24.8 Å². The van der Waals surface area contributed by atoms with Gasteiger partial charge in [-0.05, 0) is 51.3 Å². The number of rotatable bonds is 5. The molecule has 2 unspecified atom stereocenters. The summed E-state index contributed by atoms with van der Waals surface area (Å²) in [6.45, 7) is 6.97. The molecule has 1 aliphatic rings. The molecule has 4 nitrogen and oxygen atoms in total. The van der Waals surface area contributed by atoms with Crippen LogP contribution in [-0.4, -0.2) is 39.4 Å². The Labute approximate surface area is 110 Å². The van der Waals surface area contributed by atoms with Crippen LogP contribution in [0, 0.1) is 0 Å². The minimum atomic E-state index is 0.117. The molecule has 0 radical (unpaired) electrons. The first-order valence-corrected chi connectivity index (χ1v) is 7.04. The van der Waals surface area contributed by atoms with Crippen molar-refractivity contribution in [2.24, 2.45) is 12.8 Å². The van der Waals surface area contributed by atoms with Gasteiger partial charge < -0.3 is 5.73 Å². The van der Waals surface area contributed by atoms with Crippen LogP contribution < -0.4 is 5.73 Å². The van der Waals surface area contributed by atoms with E-state index >= 15 is 0 Å². The monoisotopic (exact) mass is 250 g/mol. The first kappa shape index (κ1) is 13.6. The maximum absolute atomic E-state index is 6.51. The van der Waals surface area contributed by atoms with Crippen molar-refractivity contribution in [2.45, 2.75) is 51.1 Å². The summed E-state index contributed by atoms with van der Waals surface area (Å²) in [5.41, 5.74) is 7.86. The summed E-state index contributed by atoms with van der Waals surface area (Å²) in [7, 11) is 1.95. The molecule has 4 heteroatoms. The maximum atomic E-state index is 6.51. The molecule has 2 N–H and O–H groups in total. The SMILES string of the molecule is CCC(C)(C(N)Cc1cnn(C)c1)N1CCCC1. The Morgan fingerprint density at radius 1 is 1.44 bits per heavy atom. The second-order valence-electron chi connectivity index (χ2n) is 5.74. The largest absolute Gasteiger partial charge is 0.326 e. The Hall–Kier alpha value is -0.870. The summed E-state index contributed by atoms with van der Waals surface area (Å²) in [6, 6.07) is 0.171. The molecule has 18 heavy (non-hydrogen) atoms. The van der Waals surface area contributed by atoms with Gasteiger partial charge in [-0.1, -0.05) is 6.92 Å². The van der Waals surface area contributed by atoms with Gasteiger partial charge in [0.05, 0.1) is 6.20 Å². The molecule has 0 bridgehead atoms. The second kappa shape index (κ2) is 5.41. The van der Waals surface area contributed by atoms with E-state index in [2.05, 4.69) is 30.0 Å². The molecule has 1 aliphatic heterocycles. The van der Waals surface area contributed by atoms with Gasteiger partial charge in [0.15, 0.2) is 0 Å². The quantitative estimate of drug-likeness (QED) is 0.862. The predicted molar refractivity (Wildman–Crippen MR) is 74.4 cm³/mol. The molecule has 1 aromatic rings. The summed E-state index contributed by atoms with van der Waals surface area (Å²) in [5, 5.41) is 4.22. The Balaban J connectivity index is 2.06. The third kappa shape index (κ3) is 2.59. The zero-order chi connectivity index (χ0) is 13.2. The zero-order valence-corrected chi connectivity index (χ0v) is 11.9. The van der Waals surface area contributed by atoms with E-state index in [1.807, 2.05) is 17.9 Å². The van der Waals surface area contributed by atoms with Gasteiger partial charge in [0.2, 0.25) is 0 Å². The molecule has 0 aromatic carbocycles. The van der Waals surface area contributed by atoms with Crippen molar-refractivity contribution >= 4 is 0 Å². The van der Waals surface area contributed by atoms with E-state index in [0.717, 1.165) is 12.8 Å².